The molecule has 1 unspecified atom stereocenters. The van der Waals surface area contributed by atoms with Crippen molar-refractivity contribution in [2.45, 2.75) is 50.9 Å². The van der Waals surface area contributed by atoms with Gasteiger partial charge in [0.05, 0.1) is 0 Å². The van der Waals surface area contributed by atoms with Crippen molar-refractivity contribution in [2.24, 2.45) is 23.2 Å². The summed E-state index contributed by atoms with van der Waals surface area (Å²) in [5.74, 6) is 3.56. The largest absolute Gasteiger partial charge is 0.304 e. The highest BCUT2D eigenvalue weighted by molar-refractivity contribution is 5.85. The zero-order chi connectivity index (χ0) is 21.5. The van der Waals surface area contributed by atoms with E-state index in [9.17, 15) is 0 Å². The molecule has 34 heavy (non-hydrogen) atoms. The average Bonchev–Trinajstić information content (AvgIpc) is 2.79. The van der Waals surface area contributed by atoms with Gasteiger partial charge in [0.15, 0.2) is 0 Å². The zero-order valence-corrected chi connectivity index (χ0v) is 22.3. The normalized spacial score (nSPS) is 31.5. The molecule has 0 N–H and O–H groups in total. The standard InChI is InChI=1S/C30H40N2.2ClH/c1-31-13-15-32(16-14-31)12-11-23-7-9-28(10-8-23)29(27-5-3-2-4-6-27)30-20-24-17-25(21-30)19-26(18-24)22-30;;/h2-10,24-26,29H,11-22H2,1H3;2*1H. The van der Waals surface area contributed by atoms with Gasteiger partial charge in [-0.25, -0.2) is 0 Å². The number of hydrogen-bond donors (Lipinski definition) is 0. The van der Waals surface area contributed by atoms with E-state index in [1.54, 1.807) is 11.1 Å². The highest BCUT2D eigenvalue weighted by atomic mass is 35.5. The van der Waals surface area contributed by atoms with E-state index in [1.807, 2.05) is 0 Å². The van der Waals surface area contributed by atoms with Crippen LogP contribution in [0.1, 0.15) is 61.1 Å². The van der Waals surface area contributed by atoms with Crippen molar-refractivity contribution in [2.75, 3.05) is 39.8 Å². The highest BCUT2D eigenvalue weighted by Gasteiger charge is 2.54. The fraction of sp³-hybridized carbons (Fsp3) is 0.600. The Labute approximate surface area is 219 Å². The quantitative estimate of drug-likeness (QED) is 0.436. The van der Waals surface area contributed by atoms with Gasteiger partial charge >= 0.3 is 0 Å². The molecule has 186 valence electrons. The first-order chi connectivity index (χ1) is 15.7. The molecule has 1 heterocycles. The van der Waals surface area contributed by atoms with Crippen LogP contribution in [0.2, 0.25) is 0 Å². The molecular formula is C30H42Cl2N2. The molecule has 1 aliphatic heterocycles. The van der Waals surface area contributed by atoms with Crippen molar-refractivity contribution in [1.82, 2.24) is 9.80 Å². The maximum absolute atomic E-state index is 2.64. The van der Waals surface area contributed by atoms with E-state index in [0.29, 0.717) is 11.3 Å². The summed E-state index contributed by atoms with van der Waals surface area (Å²) < 4.78 is 0. The van der Waals surface area contributed by atoms with Gasteiger partial charge in [-0.3, -0.25) is 0 Å². The summed E-state index contributed by atoms with van der Waals surface area (Å²) in [5, 5.41) is 0. The topological polar surface area (TPSA) is 6.48 Å². The third-order valence-electron chi connectivity index (χ3n) is 9.46. The Bertz CT molecular complexity index is 870. The number of nitrogens with zero attached hydrogens (tertiary/aromatic N) is 2. The van der Waals surface area contributed by atoms with E-state index in [0.717, 1.165) is 17.8 Å². The van der Waals surface area contributed by atoms with Gasteiger partial charge in [0, 0.05) is 38.6 Å². The molecule has 0 amide bonds. The second kappa shape index (κ2) is 10.9. The van der Waals surface area contributed by atoms with Gasteiger partial charge in [-0.15, -0.1) is 24.8 Å². The molecule has 5 fully saturated rings. The van der Waals surface area contributed by atoms with Crippen LogP contribution in [0.5, 0.6) is 0 Å². The molecule has 0 spiro atoms. The maximum Gasteiger partial charge on any atom is 0.0146 e. The number of rotatable bonds is 6. The number of hydrogen-bond acceptors (Lipinski definition) is 2. The second-order valence-corrected chi connectivity index (χ2v) is 11.8. The van der Waals surface area contributed by atoms with Crippen molar-refractivity contribution in [3.63, 3.8) is 0 Å². The van der Waals surface area contributed by atoms with Gasteiger partial charge < -0.3 is 9.80 Å². The number of likely N-dealkylation sites (N-methyl/N-ethyl adjacent to an activating group) is 1. The third kappa shape index (κ3) is 5.21. The molecule has 0 aromatic heterocycles. The summed E-state index contributed by atoms with van der Waals surface area (Å²) >= 11 is 0. The molecule has 0 radical (unpaired) electrons. The molecule has 7 rings (SSSR count). The van der Waals surface area contributed by atoms with Crippen molar-refractivity contribution < 1.29 is 0 Å². The number of piperazine rings is 1. The fourth-order valence-corrected chi connectivity index (χ4v) is 8.31. The van der Waals surface area contributed by atoms with Crippen LogP contribution in [0.15, 0.2) is 54.6 Å². The van der Waals surface area contributed by atoms with Crippen LogP contribution in [0.25, 0.3) is 0 Å². The fourth-order valence-electron chi connectivity index (χ4n) is 8.31. The minimum atomic E-state index is 0. The van der Waals surface area contributed by atoms with Gasteiger partial charge in [0.25, 0.3) is 0 Å². The van der Waals surface area contributed by atoms with E-state index in [4.69, 9.17) is 0 Å². The highest BCUT2D eigenvalue weighted by Crippen LogP contribution is 2.65. The number of halogens is 2. The summed E-state index contributed by atoms with van der Waals surface area (Å²) in [6.45, 7) is 6.06. The van der Waals surface area contributed by atoms with Crippen LogP contribution in [0.3, 0.4) is 0 Å². The Morgan fingerprint density at radius 1 is 0.735 bits per heavy atom. The van der Waals surface area contributed by atoms with Gasteiger partial charge in [0.1, 0.15) is 0 Å². The van der Waals surface area contributed by atoms with Crippen LogP contribution >= 0.6 is 24.8 Å². The summed E-state index contributed by atoms with van der Waals surface area (Å²) in [5.41, 5.74) is 5.13. The summed E-state index contributed by atoms with van der Waals surface area (Å²) in [6.07, 6.45) is 10.1. The Hall–Kier alpha value is -1.06. The Balaban J connectivity index is 0.00000137. The van der Waals surface area contributed by atoms with E-state index in [1.165, 1.54) is 83.2 Å². The summed E-state index contributed by atoms with van der Waals surface area (Å²) in [6, 6.07) is 21.4. The first-order valence-electron chi connectivity index (χ1n) is 13.2. The van der Waals surface area contributed by atoms with E-state index < -0.39 is 0 Å². The van der Waals surface area contributed by atoms with Gasteiger partial charge in [0.2, 0.25) is 0 Å². The second-order valence-electron chi connectivity index (χ2n) is 11.8. The summed E-state index contributed by atoms with van der Waals surface area (Å²) in [7, 11) is 2.24. The predicted octanol–water partition coefficient (Wildman–Crippen LogP) is 6.67. The lowest BCUT2D eigenvalue weighted by atomic mass is 9.45. The monoisotopic (exact) mass is 500 g/mol. The van der Waals surface area contributed by atoms with Gasteiger partial charge in [-0.05, 0) is 91.9 Å². The van der Waals surface area contributed by atoms with Crippen LogP contribution in [0.4, 0.5) is 0 Å². The first-order valence-corrected chi connectivity index (χ1v) is 13.2. The van der Waals surface area contributed by atoms with Crippen molar-refractivity contribution >= 4 is 24.8 Å². The SMILES string of the molecule is CN1CCN(CCc2ccc(C(c3ccccc3)C34CC5CC(CC(C5)C3)C4)cc2)CC1.Cl.Cl. The van der Waals surface area contributed by atoms with Crippen LogP contribution in [0, 0.1) is 23.2 Å². The van der Waals surface area contributed by atoms with E-state index >= 15 is 0 Å². The van der Waals surface area contributed by atoms with Crippen molar-refractivity contribution in [3.8, 4) is 0 Å². The smallest absolute Gasteiger partial charge is 0.0146 e. The molecular weight excluding hydrogens is 459 g/mol. The Morgan fingerprint density at radius 2 is 1.26 bits per heavy atom. The predicted molar refractivity (Wildman–Crippen MR) is 147 cm³/mol. The van der Waals surface area contributed by atoms with Crippen molar-refractivity contribution in [1.29, 1.82) is 0 Å². The average molecular weight is 502 g/mol. The minimum absolute atomic E-state index is 0. The molecule has 5 aliphatic rings. The van der Waals surface area contributed by atoms with Crippen LogP contribution in [-0.4, -0.2) is 49.6 Å². The molecule has 2 aromatic rings. The van der Waals surface area contributed by atoms with E-state index in [-0.39, 0.29) is 24.8 Å². The Morgan fingerprint density at radius 3 is 1.82 bits per heavy atom. The molecule has 1 atom stereocenters. The lowest BCUT2D eigenvalue weighted by molar-refractivity contribution is -0.0618. The summed E-state index contributed by atoms with van der Waals surface area (Å²) in [4.78, 5) is 5.08. The zero-order valence-electron chi connectivity index (χ0n) is 20.7. The molecule has 4 aliphatic carbocycles. The molecule has 4 saturated carbocycles. The minimum Gasteiger partial charge on any atom is -0.304 e. The first kappa shape index (κ1) is 26.0. The molecule has 2 nitrogen and oxygen atoms in total. The lowest BCUT2D eigenvalue weighted by Crippen LogP contribution is -2.49. The molecule has 4 heteroatoms. The van der Waals surface area contributed by atoms with Crippen molar-refractivity contribution in [3.05, 3.63) is 71.3 Å². The lowest BCUT2D eigenvalue weighted by Gasteiger charge is -2.60. The molecule has 2 aromatic carbocycles. The third-order valence-corrected chi connectivity index (χ3v) is 9.46. The Kier molecular flexibility index (Phi) is 8.35. The molecule has 4 bridgehead atoms. The van der Waals surface area contributed by atoms with Gasteiger partial charge in [-0.1, -0.05) is 54.6 Å². The van der Waals surface area contributed by atoms with E-state index in [2.05, 4.69) is 71.4 Å². The van der Waals surface area contributed by atoms with Gasteiger partial charge in [-0.2, -0.15) is 0 Å². The maximum atomic E-state index is 2.64. The van der Waals surface area contributed by atoms with Crippen LogP contribution in [-0.2, 0) is 6.42 Å². The number of benzene rings is 2. The molecule has 1 saturated heterocycles. The van der Waals surface area contributed by atoms with Crippen LogP contribution < -0.4 is 0 Å².